The number of hydrogen-bond donors (Lipinski definition) is 0. The minimum atomic E-state index is -0.0722. The second kappa shape index (κ2) is 6.74. The second-order valence-electron chi connectivity index (χ2n) is 5.05. The highest BCUT2D eigenvalue weighted by Gasteiger charge is 2.28. The first kappa shape index (κ1) is 14.8. The van der Waals surface area contributed by atoms with E-state index in [1.165, 1.54) is 7.11 Å². The molecule has 1 aliphatic rings. The van der Waals surface area contributed by atoms with Gasteiger partial charge in [0.15, 0.2) is 0 Å². The molecule has 1 aliphatic heterocycles. The third-order valence-corrected chi connectivity index (χ3v) is 4.27. The minimum Gasteiger partial charge on any atom is -0.477 e. The van der Waals surface area contributed by atoms with Gasteiger partial charge in [0.2, 0.25) is 5.91 Å². The van der Waals surface area contributed by atoms with Gasteiger partial charge in [-0.1, -0.05) is 0 Å². The van der Waals surface area contributed by atoms with Crippen LogP contribution in [0.1, 0.15) is 12.0 Å². The van der Waals surface area contributed by atoms with E-state index in [-0.39, 0.29) is 12.0 Å². The summed E-state index contributed by atoms with van der Waals surface area (Å²) < 4.78 is 10.9. The van der Waals surface area contributed by atoms with E-state index < -0.39 is 0 Å². The molecule has 1 fully saturated rings. The Bertz CT molecular complexity index is 633. The molecule has 0 aromatic carbocycles. The van der Waals surface area contributed by atoms with Crippen LogP contribution in [-0.4, -0.2) is 47.1 Å². The van der Waals surface area contributed by atoms with Crippen LogP contribution >= 0.6 is 11.3 Å². The van der Waals surface area contributed by atoms with Crippen LogP contribution in [0.25, 0.3) is 0 Å². The lowest BCUT2D eigenvalue weighted by Crippen LogP contribution is -2.32. The predicted octanol–water partition coefficient (Wildman–Crippen LogP) is 1.77. The topological polar surface area (TPSA) is 64.6 Å². The Morgan fingerprint density at radius 2 is 2.23 bits per heavy atom. The zero-order valence-corrected chi connectivity index (χ0v) is 13.1. The van der Waals surface area contributed by atoms with Gasteiger partial charge in [-0.2, -0.15) is 11.3 Å². The number of methoxy groups -OCH3 is 1. The molecule has 0 N–H and O–H groups in total. The third-order valence-electron chi connectivity index (χ3n) is 3.54. The SMILES string of the molecule is COc1nccnc1O[C@@H]1CCN(C(=O)Cc2ccsc2)C1. The summed E-state index contributed by atoms with van der Waals surface area (Å²) in [6, 6.07) is 1.98. The van der Waals surface area contributed by atoms with Gasteiger partial charge >= 0.3 is 0 Å². The van der Waals surface area contributed by atoms with E-state index in [9.17, 15) is 4.79 Å². The van der Waals surface area contributed by atoms with Gasteiger partial charge in [-0.25, -0.2) is 9.97 Å². The molecule has 116 valence electrons. The van der Waals surface area contributed by atoms with E-state index in [4.69, 9.17) is 9.47 Å². The molecule has 3 heterocycles. The van der Waals surface area contributed by atoms with E-state index in [2.05, 4.69) is 9.97 Å². The fourth-order valence-electron chi connectivity index (χ4n) is 2.42. The normalized spacial score (nSPS) is 17.5. The number of aromatic nitrogens is 2. The third kappa shape index (κ3) is 3.36. The minimum absolute atomic E-state index is 0.0722. The van der Waals surface area contributed by atoms with Gasteiger partial charge in [-0.3, -0.25) is 4.79 Å². The Hall–Kier alpha value is -2.15. The molecule has 0 saturated carbocycles. The molecule has 0 spiro atoms. The average Bonchev–Trinajstić information content (AvgIpc) is 3.19. The number of hydrogen-bond acceptors (Lipinski definition) is 6. The van der Waals surface area contributed by atoms with Crippen molar-refractivity contribution < 1.29 is 14.3 Å². The Balaban J connectivity index is 1.57. The number of amides is 1. The first-order valence-corrected chi connectivity index (χ1v) is 8.01. The molecule has 6 nitrogen and oxygen atoms in total. The lowest BCUT2D eigenvalue weighted by molar-refractivity contribution is -0.129. The van der Waals surface area contributed by atoms with Crippen molar-refractivity contribution in [3.05, 3.63) is 34.8 Å². The van der Waals surface area contributed by atoms with Gasteiger partial charge in [0.05, 0.1) is 20.1 Å². The van der Waals surface area contributed by atoms with Crippen molar-refractivity contribution in [2.45, 2.75) is 18.9 Å². The lowest BCUT2D eigenvalue weighted by Gasteiger charge is -2.17. The molecule has 0 unspecified atom stereocenters. The highest BCUT2D eigenvalue weighted by Crippen LogP contribution is 2.24. The molecule has 0 radical (unpaired) electrons. The number of carbonyl (C=O) groups is 1. The van der Waals surface area contributed by atoms with Crippen LogP contribution in [0.15, 0.2) is 29.2 Å². The van der Waals surface area contributed by atoms with Crippen molar-refractivity contribution in [3.8, 4) is 11.8 Å². The van der Waals surface area contributed by atoms with Gasteiger partial charge in [-0.05, 0) is 22.4 Å². The van der Waals surface area contributed by atoms with Crippen LogP contribution in [0.4, 0.5) is 0 Å². The zero-order chi connectivity index (χ0) is 15.4. The molecule has 22 heavy (non-hydrogen) atoms. The fraction of sp³-hybridized carbons (Fsp3) is 0.400. The van der Waals surface area contributed by atoms with E-state index in [1.807, 2.05) is 21.7 Å². The summed E-state index contributed by atoms with van der Waals surface area (Å²) in [7, 11) is 1.53. The molecule has 0 aliphatic carbocycles. The first-order valence-electron chi connectivity index (χ1n) is 7.07. The highest BCUT2D eigenvalue weighted by atomic mass is 32.1. The van der Waals surface area contributed by atoms with Crippen molar-refractivity contribution in [1.82, 2.24) is 14.9 Å². The van der Waals surface area contributed by atoms with Crippen molar-refractivity contribution >= 4 is 17.2 Å². The Labute approximate surface area is 132 Å². The van der Waals surface area contributed by atoms with Crippen molar-refractivity contribution in [3.63, 3.8) is 0 Å². The Morgan fingerprint density at radius 1 is 1.41 bits per heavy atom. The predicted molar refractivity (Wildman–Crippen MR) is 82.2 cm³/mol. The summed E-state index contributed by atoms with van der Waals surface area (Å²) in [4.78, 5) is 22.3. The maximum atomic E-state index is 12.3. The maximum absolute atomic E-state index is 12.3. The summed E-state index contributed by atoms with van der Waals surface area (Å²) in [5.41, 5.74) is 1.06. The van der Waals surface area contributed by atoms with Crippen LogP contribution in [0.2, 0.25) is 0 Å². The summed E-state index contributed by atoms with van der Waals surface area (Å²) in [5, 5.41) is 3.99. The second-order valence-corrected chi connectivity index (χ2v) is 5.83. The molecule has 1 saturated heterocycles. The largest absolute Gasteiger partial charge is 0.477 e. The Kier molecular flexibility index (Phi) is 4.53. The van der Waals surface area contributed by atoms with Gasteiger partial charge in [0, 0.05) is 25.4 Å². The molecular formula is C15H17N3O3S. The molecule has 1 atom stereocenters. The number of nitrogens with zero attached hydrogens (tertiary/aromatic N) is 3. The molecule has 2 aromatic heterocycles. The van der Waals surface area contributed by atoms with Crippen molar-refractivity contribution in [2.24, 2.45) is 0 Å². The van der Waals surface area contributed by atoms with Crippen LogP contribution < -0.4 is 9.47 Å². The number of thiophene rings is 1. The van der Waals surface area contributed by atoms with Crippen LogP contribution in [0.5, 0.6) is 11.8 Å². The van der Waals surface area contributed by atoms with Gasteiger partial charge in [-0.15, -0.1) is 0 Å². The molecule has 7 heteroatoms. The van der Waals surface area contributed by atoms with E-state index in [0.29, 0.717) is 31.3 Å². The van der Waals surface area contributed by atoms with Crippen LogP contribution in [0.3, 0.4) is 0 Å². The van der Waals surface area contributed by atoms with Crippen molar-refractivity contribution in [2.75, 3.05) is 20.2 Å². The number of likely N-dealkylation sites (tertiary alicyclic amines) is 1. The van der Waals surface area contributed by atoms with E-state index in [0.717, 1.165) is 12.0 Å². The standard InChI is InChI=1S/C15H17N3O3S/c1-20-14-15(17-5-4-16-14)21-12-2-6-18(9-12)13(19)8-11-3-7-22-10-11/h3-5,7,10,12H,2,6,8-9H2,1H3/t12-/m1/s1. The average molecular weight is 319 g/mol. The fourth-order valence-corrected chi connectivity index (χ4v) is 3.09. The summed E-state index contributed by atoms with van der Waals surface area (Å²) in [6.45, 7) is 1.28. The molecular weight excluding hydrogens is 302 g/mol. The zero-order valence-electron chi connectivity index (χ0n) is 12.3. The van der Waals surface area contributed by atoms with Gasteiger partial charge in [0.1, 0.15) is 6.10 Å². The van der Waals surface area contributed by atoms with Crippen LogP contribution in [-0.2, 0) is 11.2 Å². The van der Waals surface area contributed by atoms with E-state index in [1.54, 1.807) is 23.7 Å². The highest BCUT2D eigenvalue weighted by molar-refractivity contribution is 7.07. The Morgan fingerprint density at radius 3 is 2.95 bits per heavy atom. The van der Waals surface area contributed by atoms with Gasteiger partial charge in [0.25, 0.3) is 11.8 Å². The number of ether oxygens (including phenoxy) is 2. The van der Waals surface area contributed by atoms with Gasteiger partial charge < -0.3 is 14.4 Å². The molecule has 0 bridgehead atoms. The summed E-state index contributed by atoms with van der Waals surface area (Å²) >= 11 is 1.61. The van der Waals surface area contributed by atoms with Crippen molar-refractivity contribution in [1.29, 1.82) is 0 Å². The first-order chi connectivity index (χ1) is 10.8. The lowest BCUT2D eigenvalue weighted by atomic mass is 10.2. The smallest absolute Gasteiger partial charge is 0.278 e. The number of carbonyl (C=O) groups excluding carboxylic acids is 1. The molecule has 2 aromatic rings. The molecule has 1 amide bonds. The quantitative estimate of drug-likeness (QED) is 0.840. The summed E-state index contributed by atoms with van der Waals surface area (Å²) in [5.74, 6) is 0.878. The number of rotatable bonds is 5. The molecule has 3 rings (SSSR count). The summed E-state index contributed by atoms with van der Waals surface area (Å²) in [6.07, 6.45) is 4.28. The van der Waals surface area contributed by atoms with E-state index >= 15 is 0 Å². The maximum Gasteiger partial charge on any atom is 0.278 e. The monoisotopic (exact) mass is 319 g/mol. The van der Waals surface area contributed by atoms with Crippen LogP contribution in [0, 0.1) is 0 Å².